The van der Waals surface area contributed by atoms with Crippen LogP contribution in [0.25, 0.3) is 0 Å². The molecule has 0 aliphatic carbocycles. The molecule has 0 aromatic heterocycles. The first-order valence-electron chi connectivity index (χ1n) is 6.87. The van der Waals surface area contributed by atoms with Crippen molar-refractivity contribution in [3.8, 4) is 0 Å². The number of hydrogen-bond acceptors (Lipinski definition) is 3. The van der Waals surface area contributed by atoms with Gasteiger partial charge in [0.25, 0.3) is 0 Å². The zero-order valence-corrected chi connectivity index (χ0v) is 11.3. The summed E-state index contributed by atoms with van der Waals surface area (Å²) in [7, 11) is 2.23. The van der Waals surface area contributed by atoms with Gasteiger partial charge in [-0.25, -0.2) is 0 Å². The molecule has 1 N–H and O–H groups in total. The van der Waals surface area contributed by atoms with E-state index in [0.29, 0.717) is 0 Å². The molecule has 3 heteroatoms. The second-order valence-electron chi connectivity index (χ2n) is 5.09. The van der Waals surface area contributed by atoms with Gasteiger partial charge in [0.05, 0.1) is 0 Å². The van der Waals surface area contributed by atoms with E-state index in [4.69, 9.17) is 0 Å². The third-order valence-corrected chi connectivity index (χ3v) is 3.55. The Morgan fingerprint density at radius 1 is 1.19 bits per heavy atom. The Hall–Kier alpha value is -0.120. The molecule has 0 bridgehead atoms. The average molecular weight is 227 g/mol. The largest absolute Gasteiger partial charge is 0.317 e. The van der Waals surface area contributed by atoms with E-state index in [-0.39, 0.29) is 0 Å². The Bertz CT molecular complexity index is 173. The smallest absolute Gasteiger partial charge is 0.0192 e. The number of piperazine rings is 1. The minimum absolute atomic E-state index is 0.729. The van der Waals surface area contributed by atoms with E-state index in [2.05, 4.69) is 36.0 Å². The molecular weight excluding hydrogens is 198 g/mol. The summed E-state index contributed by atoms with van der Waals surface area (Å²) >= 11 is 0. The molecule has 3 nitrogen and oxygen atoms in total. The molecule has 1 saturated heterocycles. The van der Waals surface area contributed by atoms with Crippen LogP contribution in [0.2, 0.25) is 0 Å². The summed E-state index contributed by atoms with van der Waals surface area (Å²) in [5.41, 5.74) is 0. The van der Waals surface area contributed by atoms with Crippen molar-refractivity contribution >= 4 is 0 Å². The van der Waals surface area contributed by atoms with E-state index in [9.17, 15) is 0 Å². The lowest BCUT2D eigenvalue weighted by Gasteiger charge is -2.37. The molecule has 1 atom stereocenters. The summed E-state index contributed by atoms with van der Waals surface area (Å²) in [6.07, 6.45) is 3.91. The summed E-state index contributed by atoms with van der Waals surface area (Å²) in [4.78, 5) is 5.07. The van der Waals surface area contributed by atoms with Crippen LogP contribution in [-0.2, 0) is 0 Å². The van der Waals surface area contributed by atoms with Gasteiger partial charge in [-0.1, -0.05) is 6.92 Å². The SMILES string of the molecule is CCCNCCCCN1CCN(C)C(C)C1. The summed E-state index contributed by atoms with van der Waals surface area (Å²) in [6.45, 7) is 11.9. The molecular formula is C13H29N3. The van der Waals surface area contributed by atoms with Crippen molar-refractivity contribution in [1.82, 2.24) is 15.1 Å². The Kier molecular flexibility index (Phi) is 7.01. The zero-order chi connectivity index (χ0) is 11.8. The predicted molar refractivity (Wildman–Crippen MR) is 70.9 cm³/mol. The number of likely N-dealkylation sites (N-methyl/N-ethyl adjacent to an activating group) is 1. The van der Waals surface area contributed by atoms with Crippen LogP contribution < -0.4 is 5.32 Å². The topological polar surface area (TPSA) is 18.5 Å². The number of rotatable bonds is 7. The molecule has 1 fully saturated rings. The van der Waals surface area contributed by atoms with Gasteiger partial charge in [0.1, 0.15) is 0 Å². The number of unbranched alkanes of at least 4 members (excludes halogenated alkanes) is 1. The number of nitrogens with zero attached hydrogens (tertiary/aromatic N) is 2. The Balaban J connectivity index is 1.97. The van der Waals surface area contributed by atoms with Crippen LogP contribution in [0, 0.1) is 0 Å². The van der Waals surface area contributed by atoms with Gasteiger partial charge in [0.15, 0.2) is 0 Å². The van der Waals surface area contributed by atoms with Crippen molar-refractivity contribution in [3.05, 3.63) is 0 Å². The summed E-state index contributed by atoms with van der Waals surface area (Å²) < 4.78 is 0. The maximum Gasteiger partial charge on any atom is 0.0192 e. The lowest BCUT2D eigenvalue weighted by atomic mass is 10.2. The van der Waals surface area contributed by atoms with Gasteiger partial charge in [-0.3, -0.25) is 0 Å². The van der Waals surface area contributed by atoms with Gasteiger partial charge in [-0.05, 0) is 52.9 Å². The first-order valence-corrected chi connectivity index (χ1v) is 6.87. The summed E-state index contributed by atoms with van der Waals surface area (Å²) in [6, 6.07) is 0.729. The minimum atomic E-state index is 0.729. The fraction of sp³-hybridized carbons (Fsp3) is 1.00. The van der Waals surface area contributed by atoms with Crippen LogP contribution in [0.4, 0.5) is 0 Å². The first-order chi connectivity index (χ1) is 7.74. The zero-order valence-electron chi connectivity index (χ0n) is 11.3. The Morgan fingerprint density at radius 2 is 2.00 bits per heavy atom. The molecule has 0 saturated carbocycles. The maximum atomic E-state index is 3.46. The van der Waals surface area contributed by atoms with Crippen LogP contribution in [0.15, 0.2) is 0 Å². The first kappa shape index (κ1) is 13.9. The predicted octanol–water partition coefficient (Wildman–Crippen LogP) is 1.40. The van der Waals surface area contributed by atoms with Gasteiger partial charge < -0.3 is 15.1 Å². The molecule has 16 heavy (non-hydrogen) atoms. The molecule has 1 heterocycles. The molecule has 0 aromatic carbocycles. The quantitative estimate of drug-likeness (QED) is 0.663. The van der Waals surface area contributed by atoms with E-state index < -0.39 is 0 Å². The normalized spacial score (nSPS) is 23.8. The standard InChI is InChI=1S/C13H29N3/c1-4-7-14-8-5-6-9-16-11-10-15(3)13(2)12-16/h13-14H,4-12H2,1-3H3. The monoisotopic (exact) mass is 227 g/mol. The van der Waals surface area contributed by atoms with Crippen molar-refractivity contribution in [2.75, 3.05) is 46.3 Å². The van der Waals surface area contributed by atoms with Crippen molar-refractivity contribution < 1.29 is 0 Å². The molecule has 0 spiro atoms. The van der Waals surface area contributed by atoms with Crippen molar-refractivity contribution in [2.24, 2.45) is 0 Å². The fourth-order valence-corrected chi connectivity index (χ4v) is 2.21. The molecule has 96 valence electrons. The van der Waals surface area contributed by atoms with Gasteiger partial charge in [-0.2, -0.15) is 0 Å². The highest BCUT2D eigenvalue weighted by Crippen LogP contribution is 2.07. The lowest BCUT2D eigenvalue weighted by molar-refractivity contribution is 0.104. The molecule has 1 aliphatic rings. The molecule has 1 unspecified atom stereocenters. The van der Waals surface area contributed by atoms with Crippen LogP contribution in [-0.4, -0.2) is 62.2 Å². The van der Waals surface area contributed by atoms with E-state index in [0.717, 1.165) is 6.04 Å². The molecule has 1 rings (SSSR count). The van der Waals surface area contributed by atoms with E-state index >= 15 is 0 Å². The highest BCUT2D eigenvalue weighted by Gasteiger charge is 2.19. The number of hydrogen-bond donors (Lipinski definition) is 1. The van der Waals surface area contributed by atoms with Crippen molar-refractivity contribution in [2.45, 2.75) is 39.2 Å². The Morgan fingerprint density at radius 3 is 2.69 bits per heavy atom. The summed E-state index contributed by atoms with van der Waals surface area (Å²) in [5, 5.41) is 3.46. The van der Waals surface area contributed by atoms with Crippen LogP contribution in [0.1, 0.15) is 33.1 Å². The van der Waals surface area contributed by atoms with Crippen LogP contribution >= 0.6 is 0 Å². The van der Waals surface area contributed by atoms with Gasteiger partial charge in [-0.15, -0.1) is 0 Å². The second kappa shape index (κ2) is 8.04. The third kappa shape index (κ3) is 5.28. The number of nitrogens with one attached hydrogen (secondary N) is 1. The van der Waals surface area contributed by atoms with E-state index in [1.165, 1.54) is 58.5 Å². The molecule has 0 radical (unpaired) electrons. The fourth-order valence-electron chi connectivity index (χ4n) is 2.21. The van der Waals surface area contributed by atoms with Crippen molar-refractivity contribution in [1.29, 1.82) is 0 Å². The highest BCUT2D eigenvalue weighted by molar-refractivity contribution is 4.76. The molecule has 0 amide bonds. The van der Waals surface area contributed by atoms with E-state index in [1.54, 1.807) is 0 Å². The Labute approximate surface area is 101 Å². The van der Waals surface area contributed by atoms with E-state index in [1.807, 2.05) is 0 Å². The van der Waals surface area contributed by atoms with Crippen molar-refractivity contribution in [3.63, 3.8) is 0 Å². The third-order valence-electron chi connectivity index (χ3n) is 3.55. The van der Waals surface area contributed by atoms with Gasteiger partial charge in [0.2, 0.25) is 0 Å². The minimum Gasteiger partial charge on any atom is -0.317 e. The maximum absolute atomic E-state index is 3.46. The summed E-state index contributed by atoms with van der Waals surface area (Å²) in [5.74, 6) is 0. The van der Waals surface area contributed by atoms with Gasteiger partial charge >= 0.3 is 0 Å². The van der Waals surface area contributed by atoms with Crippen LogP contribution in [0.3, 0.4) is 0 Å². The van der Waals surface area contributed by atoms with Gasteiger partial charge in [0, 0.05) is 25.7 Å². The lowest BCUT2D eigenvalue weighted by Crippen LogP contribution is -2.50. The second-order valence-corrected chi connectivity index (χ2v) is 5.09. The highest BCUT2D eigenvalue weighted by atomic mass is 15.3. The molecule has 1 aliphatic heterocycles. The van der Waals surface area contributed by atoms with Crippen LogP contribution in [0.5, 0.6) is 0 Å². The average Bonchev–Trinajstić information content (AvgIpc) is 2.28. The molecule has 0 aromatic rings.